The number of nitrogens with zero attached hydrogens (tertiary/aromatic N) is 1. The van der Waals surface area contributed by atoms with E-state index in [0.717, 1.165) is 24.5 Å². The van der Waals surface area contributed by atoms with Crippen LogP contribution in [0, 0.1) is 11.6 Å². The normalized spacial score (nSPS) is 11.7. The van der Waals surface area contributed by atoms with Crippen molar-refractivity contribution in [3.8, 4) is 0 Å². The number of hydrogen-bond donors (Lipinski definition) is 1. The second kappa shape index (κ2) is 7.46. The van der Waals surface area contributed by atoms with Crippen molar-refractivity contribution in [2.24, 2.45) is 0 Å². The van der Waals surface area contributed by atoms with Crippen molar-refractivity contribution in [1.82, 2.24) is 9.62 Å². The van der Waals surface area contributed by atoms with Crippen molar-refractivity contribution in [1.29, 1.82) is 0 Å². The van der Waals surface area contributed by atoms with Crippen LogP contribution in [0.25, 0.3) is 0 Å². The summed E-state index contributed by atoms with van der Waals surface area (Å²) < 4.78 is 50.0. The minimum absolute atomic E-state index is 0.0182. The van der Waals surface area contributed by atoms with Crippen LogP contribution in [0.2, 0.25) is 0 Å². The first-order chi connectivity index (χ1) is 9.75. The molecule has 0 bridgehead atoms. The van der Waals surface area contributed by atoms with Crippen molar-refractivity contribution in [2.45, 2.75) is 13.3 Å². The zero-order valence-corrected chi connectivity index (χ0v) is 12.7. The van der Waals surface area contributed by atoms with Gasteiger partial charge in [0.1, 0.15) is 0 Å². The smallest absolute Gasteiger partial charge is 0.251 e. The number of rotatable bonds is 7. The zero-order chi connectivity index (χ0) is 16.0. The van der Waals surface area contributed by atoms with E-state index in [2.05, 4.69) is 5.32 Å². The van der Waals surface area contributed by atoms with E-state index in [0.29, 0.717) is 13.0 Å². The van der Waals surface area contributed by atoms with E-state index >= 15 is 0 Å². The third-order valence-electron chi connectivity index (χ3n) is 2.77. The van der Waals surface area contributed by atoms with E-state index in [1.54, 1.807) is 0 Å². The average Bonchev–Trinajstić information content (AvgIpc) is 2.39. The molecule has 0 saturated heterocycles. The predicted molar refractivity (Wildman–Crippen MR) is 75.4 cm³/mol. The Labute approximate surface area is 123 Å². The van der Waals surface area contributed by atoms with Crippen LogP contribution >= 0.6 is 0 Å². The summed E-state index contributed by atoms with van der Waals surface area (Å²) in [7, 11) is -3.33. The van der Waals surface area contributed by atoms with E-state index in [1.807, 2.05) is 6.92 Å². The Morgan fingerprint density at radius 1 is 1.24 bits per heavy atom. The van der Waals surface area contributed by atoms with Crippen molar-refractivity contribution in [3.63, 3.8) is 0 Å². The molecule has 0 spiro atoms. The Bertz CT molecular complexity index is 605. The van der Waals surface area contributed by atoms with Gasteiger partial charge in [-0.2, -0.15) is 0 Å². The summed E-state index contributed by atoms with van der Waals surface area (Å²) in [4.78, 5) is 11.7. The van der Waals surface area contributed by atoms with Crippen LogP contribution in [-0.4, -0.2) is 44.5 Å². The molecule has 0 aromatic heterocycles. The van der Waals surface area contributed by atoms with Gasteiger partial charge in [-0.05, 0) is 24.6 Å². The van der Waals surface area contributed by atoms with Crippen LogP contribution in [-0.2, 0) is 10.0 Å². The molecule has 0 heterocycles. The molecule has 1 aromatic carbocycles. The molecule has 0 aliphatic rings. The molecule has 0 radical (unpaired) electrons. The van der Waals surface area contributed by atoms with E-state index < -0.39 is 27.6 Å². The molecule has 0 fully saturated rings. The Hall–Kier alpha value is -1.54. The van der Waals surface area contributed by atoms with Gasteiger partial charge in [-0.3, -0.25) is 4.79 Å². The van der Waals surface area contributed by atoms with Gasteiger partial charge in [-0.1, -0.05) is 6.92 Å². The molecule has 5 nitrogen and oxygen atoms in total. The highest BCUT2D eigenvalue weighted by molar-refractivity contribution is 7.88. The number of halogens is 2. The SMILES string of the molecule is CCCN(CCNC(=O)c1ccc(F)c(F)c1)S(C)(=O)=O. The lowest BCUT2D eigenvalue weighted by Crippen LogP contribution is -2.38. The van der Waals surface area contributed by atoms with Gasteiger partial charge in [0.05, 0.1) is 6.26 Å². The largest absolute Gasteiger partial charge is 0.351 e. The predicted octanol–water partition coefficient (Wildman–Crippen LogP) is 1.37. The number of sulfonamides is 1. The number of benzene rings is 1. The molecule has 0 aliphatic heterocycles. The van der Waals surface area contributed by atoms with Crippen molar-refractivity contribution in [3.05, 3.63) is 35.4 Å². The van der Waals surface area contributed by atoms with Gasteiger partial charge < -0.3 is 5.32 Å². The fraction of sp³-hybridized carbons (Fsp3) is 0.462. The molecule has 1 amide bonds. The number of amides is 1. The molecule has 1 rings (SSSR count). The van der Waals surface area contributed by atoms with Crippen molar-refractivity contribution >= 4 is 15.9 Å². The first-order valence-corrected chi connectivity index (χ1v) is 8.29. The summed E-state index contributed by atoms with van der Waals surface area (Å²) in [5.41, 5.74) is -0.0182. The van der Waals surface area contributed by atoms with Gasteiger partial charge in [0.2, 0.25) is 10.0 Å². The first kappa shape index (κ1) is 17.5. The Morgan fingerprint density at radius 2 is 1.90 bits per heavy atom. The van der Waals surface area contributed by atoms with E-state index in [1.165, 1.54) is 4.31 Å². The first-order valence-electron chi connectivity index (χ1n) is 6.44. The highest BCUT2D eigenvalue weighted by Crippen LogP contribution is 2.08. The summed E-state index contributed by atoms with van der Waals surface area (Å²) in [6, 6.07) is 2.82. The Kier molecular flexibility index (Phi) is 6.22. The molecule has 0 unspecified atom stereocenters. The maximum atomic E-state index is 13.0. The molecular formula is C13H18F2N2O3S. The summed E-state index contributed by atoms with van der Waals surface area (Å²) in [5, 5.41) is 2.47. The van der Waals surface area contributed by atoms with Crippen LogP contribution in [0.5, 0.6) is 0 Å². The topological polar surface area (TPSA) is 66.5 Å². The lowest BCUT2D eigenvalue weighted by Gasteiger charge is -2.19. The fourth-order valence-electron chi connectivity index (χ4n) is 1.73. The molecule has 118 valence electrons. The van der Waals surface area contributed by atoms with Gasteiger partial charge in [0, 0.05) is 25.2 Å². The minimum Gasteiger partial charge on any atom is -0.351 e. The summed E-state index contributed by atoms with van der Waals surface area (Å²) >= 11 is 0. The van der Waals surface area contributed by atoms with Gasteiger partial charge >= 0.3 is 0 Å². The van der Waals surface area contributed by atoms with Crippen LogP contribution in [0.15, 0.2) is 18.2 Å². The fourth-order valence-corrected chi connectivity index (χ4v) is 2.66. The lowest BCUT2D eigenvalue weighted by molar-refractivity contribution is 0.0951. The maximum absolute atomic E-state index is 13.0. The van der Waals surface area contributed by atoms with E-state index in [4.69, 9.17) is 0 Å². The van der Waals surface area contributed by atoms with Crippen molar-refractivity contribution in [2.75, 3.05) is 25.9 Å². The zero-order valence-electron chi connectivity index (χ0n) is 11.9. The molecule has 0 aliphatic carbocycles. The van der Waals surface area contributed by atoms with E-state index in [9.17, 15) is 22.0 Å². The number of nitrogens with one attached hydrogen (secondary N) is 1. The summed E-state index contributed by atoms with van der Waals surface area (Å²) in [6.07, 6.45) is 1.75. The Balaban J connectivity index is 2.58. The maximum Gasteiger partial charge on any atom is 0.251 e. The van der Waals surface area contributed by atoms with Crippen LogP contribution in [0.1, 0.15) is 23.7 Å². The lowest BCUT2D eigenvalue weighted by atomic mass is 10.2. The minimum atomic E-state index is -3.33. The highest BCUT2D eigenvalue weighted by atomic mass is 32.2. The van der Waals surface area contributed by atoms with Gasteiger partial charge in [-0.15, -0.1) is 0 Å². The average molecular weight is 320 g/mol. The molecule has 0 saturated carbocycles. The van der Waals surface area contributed by atoms with Crippen LogP contribution < -0.4 is 5.32 Å². The van der Waals surface area contributed by atoms with Crippen LogP contribution in [0.4, 0.5) is 8.78 Å². The second-order valence-electron chi connectivity index (χ2n) is 4.55. The van der Waals surface area contributed by atoms with Crippen molar-refractivity contribution < 1.29 is 22.0 Å². The highest BCUT2D eigenvalue weighted by Gasteiger charge is 2.16. The number of carbonyl (C=O) groups excluding carboxylic acids is 1. The molecule has 0 atom stereocenters. The Morgan fingerprint density at radius 3 is 2.43 bits per heavy atom. The van der Waals surface area contributed by atoms with Crippen LogP contribution in [0.3, 0.4) is 0 Å². The number of hydrogen-bond acceptors (Lipinski definition) is 3. The van der Waals surface area contributed by atoms with E-state index in [-0.39, 0.29) is 18.7 Å². The quantitative estimate of drug-likeness (QED) is 0.825. The number of carbonyl (C=O) groups is 1. The molecular weight excluding hydrogens is 302 g/mol. The molecule has 21 heavy (non-hydrogen) atoms. The second-order valence-corrected chi connectivity index (χ2v) is 6.53. The van der Waals surface area contributed by atoms with Gasteiger partial charge in [-0.25, -0.2) is 21.5 Å². The van der Waals surface area contributed by atoms with Gasteiger partial charge in [0.25, 0.3) is 5.91 Å². The molecule has 8 heteroatoms. The standard InChI is InChI=1S/C13H18F2N2O3S/c1-3-7-17(21(2,19)20)8-6-16-13(18)10-4-5-11(14)12(15)9-10/h4-5,9H,3,6-8H2,1-2H3,(H,16,18). The summed E-state index contributed by atoms with van der Waals surface area (Å²) in [6.45, 7) is 2.42. The summed E-state index contributed by atoms with van der Waals surface area (Å²) in [5.74, 6) is -2.72. The molecule has 1 N–H and O–H groups in total. The van der Waals surface area contributed by atoms with Gasteiger partial charge in [0.15, 0.2) is 11.6 Å². The third kappa shape index (κ3) is 5.39. The monoisotopic (exact) mass is 320 g/mol. The third-order valence-corrected chi connectivity index (χ3v) is 4.07. The molecule has 1 aromatic rings.